The third-order valence-corrected chi connectivity index (χ3v) is 8.66. The van der Waals surface area contributed by atoms with E-state index in [1.807, 2.05) is 79.1 Å². The van der Waals surface area contributed by atoms with Crippen molar-refractivity contribution < 1.29 is 33.4 Å². The van der Waals surface area contributed by atoms with Gasteiger partial charge in [-0.25, -0.2) is 9.59 Å². The molecule has 2 amide bonds. The van der Waals surface area contributed by atoms with E-state index in [1.54, 1.807) is 31.0 Å². The zero-order chi connectivity index (χ0) is 33.1. The highest BCUT2D eigenvalue weighted by Gasteiger charge is 2.29. The van der Waals surface area contributed by atoms with E-state index in [1.165, 1.54) is 6.92 Å². The van der Waals surface area contributed by atoms with Gasteiger partial charge in [0, 0.05) is 25.1 Å². The van der Waals surface area contributed by atoms with Crippen molar-refractivity contribution in [3.63, 3.8) is 0 Å². The highest BCUT2D eigenvalue weighted by atomic mass is 32.2. The SMILES string of the molecule is COc1ccc(COC(=O)NCCCC(CSC(C)=O)C(=O)N[C@@H](CCSC)C(=O)OC(c2ccccc2)c2ccccc2)cc1. The average Bonchev–Trinajstić information content (AvgIpc) is 3.08. The molecule has 0 heterocycles. The number of thioether (sulfide) groups is 2. The van der Waals surface area contributed by atoms with Gasteiger partial charge in [-0.2, -0.15) is 11.8 Å². The number of benzene rings is 3. The van der Waals surface area contributed by atoms with Gasteiger partial charge in [0.25, 0.3) is 0 Å². The second kappa shape index (κ2) is 20.2. The molecule has 0 bridgehead atoms. The monoisotopic (exact) mass is 666 g/mol. The van der Waals surface area contributed by atoms with Crippen LogP contribution >= 0.6 is 23.5 Å². The molecule has 9 nitrogen and oxygen atoms in total. The summed E-state index contributed by atoms with van der Waals surface area (Å²) < 4.78 is 16.5. The first kappa shape index (κ1) is 36.5. The van der Waals surface area contributed by atoms with E-state index in [9.17, 15) is 19.2 Å². The molecular weight excluding hydrogens is 625 g/mol. The van der Waals surface area contributed by atoms with Crippen LogP contribution < -0.4 is 15.4 Å². The summed E-state index contributed by atoms with van der Waals surface area (Å²) in [7, 11) is 1.58. The van der Waals surface area contributed by atoms with E-state index < -0.39 is 30.1 Å². The number of ether oxygens (including phenoxy) is 3. The number of alkyl carbamates (subject to hydrolysis) is 1. The van der Waals surface area contributed by atoms with Crippen molar-refractivity contribution >= 4 is 46.6 Å². The van der Waals surface area contributed by atoms with Crippen molar-refractivity contribution in [3.8, 4) is 5.75 Å². The minimum atomic E-state index is -0.870. The Morgan fingerprint density at radius 2 is 1.48 bits per heavy atom. The Bertz CT molecular complexity index is 1340. The Morgan fingerprint density at radius 1 is 0.848 bits per heavy atom. The first-order valence-electron chi connectivity index (χ1n) is 15.1. The number of nitrogens with one attached hydrogen (secondary N) is 2. The molecule has 0 saturated heterocycles. The lowest BCUT2D eigenvalue weighted by atomic mass is 10.0. The Balaban J connectivity index is 1.59. The quantitative estimate of drug-likeness (QED) is 0.121. The highest BCUT2D eigenvalue weighted by Crippen LogP contribution is 2.27. The maximum atomic E-state index is 13.6. The summed E-state index contributed by atoms with van der Waals surface area (Å²) in [4.78, 5) is 51.1. The first-order chi connectivity index (χ1) is 22.3. The van der Waals surface area contributed by atoms with E-state index in [0.717, 1.165) is 28.5 Å². The lowest BCUT2D eigenvalue weighted by Crippen LogP contribution is -2.45. The van der Waals surface area contributed by atoms with E-state index >= 15 is 0 Å². The molecule has 0 radical (unpaired) electrons. The minimum Gasteiger partial charge on any atom is -0.497 e. The lowest BCUT2D eigenvalue weighted by molar-refractivity contribution is -0.152. The van der Waals surface area contributed by atoms with Crippen LogP contribution in [0.4, 0.5) is 4.79 Å². The van der Waals surface area contributed by atoms with Crippen LogP contribution in [-0.4, -0.2) is 60.5 Å². The average molecular weight is 667 g/mol. The molecule has 0 aromatic heterocycles. The van der Waals surface area contributed by atoms with Gasteiger partial charge in [0.05, 0.1) is 7.11 Å². The van der Waals surface area contributed by atoms with Crippen LogP contribution in [0.2, 0.25) is 0 Å². The van der Waals surface area contributed by atoms with Crippen LogP contribution in [0.1, 0.15) is 49.0 Å². The summed E-state index contributed by atoms with van der Waals surface area (Å²) in [5.74, 6) is 0.176. The maximum absolute atomic E-state index is 13.6. The highest BCUT2D eigenvalue weighted by molar-refractivity contribution is 8.13. The number of esters is 1. The van der Waals surface area contributed by atoms with E-state index in [0.29, 0.717) is 30.8 Å². The molecule has 3 rings (SSSR count). The summed E-state index contributed by atoms with van der Waals surface area (Å²) in [6.07, 6.45) is 1.98. The Labute approximate surface area is 279 Å². The standard InChI is InChI=1S/C35H42N2O7S2/c1-25(38)46-24-29(15-10-21-36-35(41)43-23-26-16-18-30(42-2)19-17-26)33(39)37-31(20-22-45-3)34(40)44-32(27-11-6-4-7-12-27)28-13-8-5-9-14-28/h4-9,11-14,16-19,29,31-32H,10,15,20-24H2,1-3H3,(H,36,41)(H,37,39)/t29?,31-/m0/s1. The molecule has 246 valence electrons. The van der Waals surface area contributed by atoms with Crippen molar-refractivity contribution in [2.24, 2.45) is 5.92 Å². The van der Waals surface area contributed by atoms with Gasteiger partial charge >= 0.3 is 12.1 Å². The van der Waals surface area contributed by atoms with Gasteiger partial charge in [0.15, 0.2) is 11.2 Å². The first-order valence-corrected chi connectivity index (χ1v) is 17.4. The molecule has 0 saturated carbocycles. The molecule has 2 N–H and O–H groups in total. The molecule has 1 unspecified atom stereocenters. The van der Waals surface area contributed by atoms with Crippen LogP contribution in [0.5, 0.6) is 5.75 Å². The number of carbonyl (C=O) groups excluding carboxylic acids is 4. The van der Waals surface area contributed by atoms with Gasteiger partial charge in [0.2, 0.25) is 5.91 Å². The molecule has 0 aliphatic rings. The largest absolute Gasteiger partial charge is 0.497 e. The summed E-state index contributed by atoms with van der Waals surface area (Å²) >= 11 is 2.62. The van der Waals surface area contributed by atoms with Gasteiger partial charge < -0.3 is 24.8 Å². The predicted molar refractivity (Wildman–Crippen MR) is 183 cm³/mol. The van der Waals surface area contributed by atoms with Gasteiger partial charge in [-0.3, -0.25) is 9.59 Å². The number of amides is 2. The Morgan fingerprint density at radius 3 is 2.04 bits per heavy atom. The van der Waals surface area contributed by atoms with E-state index in [-0.39, 0.29) is 29.9 Å². The van der Waals surface area contributed by atoms with Crippen LogP contribution in [0, 0.1) is 5.92 Å². The van der Waals surface area contributed by atoms with Crippen molar-refractivity contribution in [1.82, 2.24) is 10.6 Å². The Kier molecular flexibility index (Phi) is 16.0. The fraction of sp³-hybridized carbons (Fsp3) is 0.371. The molecule has 0 aliphatic heterocycles. The number of methoxy groups -OCH3 is 1. The van der Waals surface area contributed by atoms with Crippen molar-refractivity contribution in [1.29, 1.82) is 0 Å². The zero-order valence-corrected chi connectivity index (χ0v) is 28.1. The number of hydrogen-bond acceptors (Lipinski definition) is 9. The van der Waals surface area contributed by atoms with Gasteiger partial charge in [-0.05, 0) is 60.1 Å². The second-order valence-corrected chi connectivity index (χ2v) is 12.7. The van der Waals surface area contributed by atoms with Crippen LogP contribution in [-0.2, 0) is 30.5 Å². The molecular formula is C35H42N2O7S2. The lowest BCUT2D eigenvalue weighted by Gasteiger charge is -2.25. The predicted octanol–water partition coefficient (Wildman–Crippen LogP) is 6.17. The van der Waals surface area contributed by atoms with Crippen LogP contribution in [0.15, 0.2) is 84.9 Å². The summed E-state index contributed by atoms with van der Waals surface area (Å²) in [5.41, 5.74) is 2.47. The molecule has 0 spiro atoms. The minimum absolute atomic E-state index is 0.107. The third kappa shape index (κ3) is 12.8. The topological polar surface area (TPSA) is 120 Å². The van der Waals surface area contributed by atoms with Crippen molar-refractivity contribution in [2.45, 2.75) is 44.9 Å². The second-order valence-electron chi connectivity index (χ2n) is 10.5. The normalized spacial score (nSPS) is 12.1. The Hall–Kier alpha value is -3.96. The smallest absolute Gasteiger partial charge is 0.407 e. The van der Waals surface area contributed by atoms with Crippen LogP contribution in [0.25, 0.3) is 0 Å². The van der Waals surface area contributed by atoms with E-state index in [2.05, 4.69) is 10.6 Å². The van der Waals surface area contributed by atoms with Crippen molar-refractivity contribution in [3.05, 3.63) is 102 Å². The third-order valence-electron chi connectivity index (χ3n) is 7.04. The molecule has 0 aliphatic carbocycles. The van der Waals surface area contributed by atoms with Gasteiger partial charge in [0.1, 0.15) is 18.4 Å². The fourth-order valence-electron chi connectivity index (χ4n) is 4.53. The van der Waals surface area contributed by atoms with Gasteiger partial charge in [-0.15, -0.1) is 0 Å². The molecule has 11 heteroatoms. The number of carbonyl (C=O) groups is 4. The molecule has 2 atom stereocenters. The van der Waals surface area contributed by atoms with Gasteiger partial charge in [-0.1, -0.05) is 84.6 Å². The maximum Gasteiger partial charge on any atom is 0.407 e. The summed E-state index contributed by atoms with van der Waals surface area (Å²) in [5, 5.41) is 5.51. The molecule has 0 fully saturated rings. The zero-order valence-electron chi connectivity index (χ0n) is 26.4. The van der Waals surface area contributed by atoms with Crippen molar-refractivity contribution in [2.75, 3.05) is 31.4 Å². The van der Waals surface area contributed by atoms with Crippen LogP contribution in [0.3, 0.4) is 0 Å². The molecule has 3 aromatic carbocycles. The number of hydrogen-bond donors (Lipinski definition) is 2. The summed E-state index contributed by atoms with van der Waals surface area (Å²) in [6, 6.07) is 25.3. The summed E-state index contributed by atoms with van der Waals surface area (Å²) in [6.45, 7) is 1.84. The molecule has 3 aromatic rings. The fourth-order valence-corrected chi connectivity index (χ4v) is 5.75. The molecule has 46 heavy (non-hydrogen) atoms. The van der Waals surface area contributed by atoms with E-state index in [4.69, 9.17) is 14.2 Å². The number of rotatable bonds is 18.